The maximum Gasteiger partial charge on any atom is 0.280 e. The summed E-state index contributed by atoms with van der Waals surface area (Å²) in [6.07, 6.45) is 6.58. The van der Waals surface area contributed by atoms with Crippen LogP contribution in [0.1, 0.15) is 46.0 Å². The molecule has 0 spiro atoms. The number of amides is 1. The Morgan fingerprint density at radius 3 is 2.82 bits per heavy atom. The van der Waals surface area contributed by atoms with Crippen molar-refractivity contribution in [3.8, 4) is 5.75 Å². The molecule has 0 aliphatic heterocycles. The fraction of sp³-hybridized carbons (Fsp3) is 0.500. The maximum atomic E-state index is 11.8. The highest BCUT2D eigenvalue weighted by Gasteiger charge is 2.15. The zero-order chi connectivity index (χ0) is 16.4. The second-order valence-corrected chi connectivity index (χ2v) is 5.82. The smallest absolute Gasteiger partial charge is 0.280 e. The molecule has 122 valence electrons. The van der Waals surface area contributed by atoms with Crippen molar-refractivity contribution in [2.24, 2.45) is 5.10 Å². The molecule has 1 amide bonds. The lowest BCUT2D eigenvalue weighted by molar-refractivity contribution is -0.127. The van der Waals surface area contributed by atoms with Crippen molar-refractivity contribution >= 4 is 35.3 Å². The molecule has 1 rings (SSSR count). The van der Waals surface area contributed by atoms with Crippen LogP contribution in [0.15, 0.2) is 23.3 Å². The van der Waals surface area contributed by atoms with Gasteiger partial charge in [-0.3, -0.25) is 4.79 Å². The summed E-state index contributed by atoms with van der Waals surface area (Å²) in [5.74, 6) is 0.0908. The molecule has 1 atom stereocenters. The minimum absolute atomic E-state index is 0.323. The average Bonchev–Trinajstić information content (AvgIpc) is 2.48. The predicted octanol–water partition coefficient (Wildman–Crippen LogP) is 4.83. The van der Waals surface area contributed by atoms with Gasteiger partial charge in [0.15, 0.2) is 6.10 Å². The fourth-order valence-electron chi connectivity index (χ4n) is 1.74. The Hall–Kier alpha value is -1.26. The van der Waals surface area contributed by atoms with Gasteiger partial charge in [-0.15, -0.1) is 0 Å². The van der Waals surface area contributed by atoms with E-state index in [4.69, 9.17) is 27.9 Å². The van der Waals surface area contributed by atoms with Gasteiger partial charge in [0.25, 0.3) is 5.91 Å². The number of unbranched alkanes of at least 4 members (excludes halogenated alkanes) is 4. The van der Waals surface area contributed by atoms with Gasteiger partial charge in [0.1, 0.15) is 5.75 Å². The second kappa shape index (κ2) is 10.5. The summed E-state index contributed by atoms with van der Waals surface area (Å²) in [4.78, 5) is 11.8. The number of carbonyl (C=O) groups is 1. The first-order valence-electron chi connectivity index (χ1n) is 7.47. The van der Waals surface area contributed by atoms with Crippen molar-refractivity contribution in [1.29, 1.82) is 0 Å². The van der Waals surface area contributed by atoms with Crippen LogP contribution in [0, 0.1) is 0 Å². The molecular formula is C16H22Cl2N2O2. The van der Waals surface area contributed by atoms with Crippen LogP contribution in [0.25, 0.3) is 0 Å². The van der Waals surface area contributed by atoms with E-state index in [1.165, 1.54) is 19.3 Å². The molecule has 6 heteroatoms. The molecular weight excluding hydrogens is 323 g/mol. The molecule has 0 bridgehead atoms. The molecule has 1 aromatic carbocycles. The van der Waals surface area contributed by atoms with Crippen LogP contribution in [0.3, 0.4) is 0 Å². The van der Waals surface area contributed by atoms with Gasteiger partial charge < -0.3 is 4.74 Å². The van der Waals surface area contributed by atoms with Gasteiger partial charge in [0, 0.05) is 11.2 Å². The molecule has 4 nitrogen and oxygen atoms in total. The Bertz CT molecular complexity index is 507. The van der Waals surface area contributed by atoms with Crippen LogP contribution in [0.5, 0.6) is 5.75 Å². The highest BCUT2D eigenvalue weighted by atomic mass is 35.5. The van der Waals surface area contributed by atoms with Gasteiger partial charge in [0.05, 0.1) is 5.02 Å². The summed E-state index contributed by atoms with van der Waals surface area (Å²) in [6, 6.07) is 4.85. The van der Waals surface area contributed by atoms with Crippen LogP contribution in [0.2, 0.25) is 10.0 Å². The maximum absolute atomic E-state index is 11.8. The number of halogens is 2. The normalized spacial score (nSPS) is 12.4. The number of hydrogen-bond acceptors (Lipinski definition) is 3. The van der Waals surface area contributed by atoms with Crippen LogP contribution in [-0.4, -0.2) is 18.2 Å². The van der Waals surface area contributed by atoms with E-state index < -0.39 is 6.10 Å². The molecule has 1 N–H and O–H groups in total. The first-order chi connectivity index (χ1) is 10.5. The Labute approximate surface area is 141 Å². The number of hydrogen-bond donors (Lipinski definition) is 1. The van der Waals surface area contributed by atoms with Crippen LogP contribution in [-0.2, 0) is 4.79 Å². The van der Waals surface area contributed by atoms with E-state index in [2.05, 4.69) is 17.5 Å². The summed E-state index contributed by atoms with van der Waals surface area (Å²) in [7, 11) is 0. The van der Waals surface area contributed by atoms with Crippen molar-refractivity contribution < 1.29 is 9.53 Å². The summed E-state index contributed by atoms with van der Waals surface area (Å²) in [5.41, 5.74) is 2.46. The third-order valence-electron chi connectivity index (χ3n) is 3.02. The third-order valence-corrected chi connectivity index (χ3v) is 3.55. The number of rotatable bonds is 9. The summed E-state index contributed by atoms with van der Waals surface area (Å²) < 4.78 is 5.50. The molecule has 0 saturated heterocycles. The lowest BCUT2D eigenvalue weighted by Crippen LogP contribution is -2.33. The largest absolute Gasteiger partial charge is 0.479 e. The van der Waals surface area contributed by atoms with Crippen LogP contribution in [0.4, 0.5) is 0 Å². The first kappa shape index (κ1) is 18.8. The molecule has 0 aromatic heterocycles. The molecule has 0 radical (unpaired) electrons. The molecule has 0 aliphatic carbocycles. The first-order valence-corrected chi connectivity index (χ1v) is 8.23. The summed E-state index contributed by atoms with van der Waals surface area (Å²) in [6.45, 7) is 3.81. The third kappa shape index (κ3) is 7.14. The van der Waals surface area contributed by atoms with Crippen molar-refractivity contribution in [1.82, 2.24) is 5.43 Å². The molecule has 0 saturated carbocycles. The zero-order valence-electron chi connectivity index (χ0n) is 12.9. The molecule has 0 aliphatic rings. The summed E-state index contributed by atoms with van der Waals surface area (Å²) >= 11 is 11.8. The lowest BCUT2D eigenvalue weighted by atomic mass is 10.2. The highest BCUT2D eigenvalue weighted by Crippen LogP contribution is 2.28. The lowest BCUT2D eigenvalue weighted by Gasteiger charge is -2.14. The van der Waals surface area contributed by atoms with E-state index in [1.54, 1.807) is 31.3 Å². The Kier molecular flexibility index (Phi) is 8.94. The van der Waals surface area contributed by atoms with E-state index in [0.717, 1.165) is 12.8 Å². The number of hydrazone groups is 1. The van der Waals surface area contributed by atoms with Gasteiger partial charge in [0.2, 0.25) is 0 Å². The molecule has 22 heavy (non-hydrogen) atoms. The van der Waals surface area contributed by atoms with Crippen molar-refractivity contribution in [2.45, 2.75) is 52.1 Å². The standard InChI is InChI=1S/C16H22Cl2N2O2/c1-3-4-5-6-7-10-19-20-16(21)12(2)22-15-9-8-13(17)11-14(15)18/h8-12H,3-7H2,1-2H3,(H,20,21). The van der Waals surface area contributed by atoms with Crippen LogP contribution >= 0.6 is 23.2 Å². The minimum Gasteiger partial charge on any atom is -0.479 e. The number of carbonyl (C=O) groups excluding carboxylic acids is 1. The Morgan fingerprint density at radius 1 is 1.36 bits per heavy atom. The number of ether oxygens (including phenoxy) is 1. The van der Waals surface area contributed by atoms with E-state index in [-0.39, 0.29) is 5.91 Å². The number of benzene rings is 1. The van der Waals surface area contributed by atoms with Gasteiger partial charge >= 0.3 is 0 Å². The van der Waals surface area contributed by atoms with Crippen LogP contribution < -0.4 is 10.2 Å². The topological polar surface area (TPSA) is 50.7 Å². The zero-order valence-corrected chi connectivity index (χ0v) is 14.5. The quantitative estimate of drug-likeness (QED) is 0.396. The van der Waals surface area contributed by atoms with Crippen molar-refractivity contribution in [2.75, 3.05) is 0 Å². The van der Waals surface area contributed by atoms with Crippen molar-refractivity contribution in [3.63, 3.8) is 0 Å². The molecule has 1 aromatic rings. The monoisotopic (exact) mass is 344 g/mol. The van der Waals surface area contributed by atoms with Crippen molar-refractivity contribution in [3.05, 3.63) is 28.2 Å². The average molecular weight is 345 g/mol. The Balaban J connectivity index is 2.34. The van der Waals surface area contributed by atoms with E-state index >= 15 is 0 Å². The molecule has 0 fully saturated rings. The predicted molar refractivity (Wildman–Crippen MR) is 91.9 cm³/mol. The van der Waals surface area contributed by atoms with Gasteiger partial charge in [-0.25, -0.2) is 5.43 Å². The second-order valence-electron chi connectivity index (χ2n) is 4.97. The van der Waals surface area contributed by atoms with Gasteiger partial charge in [-0.2, -0.15) is 5.10 Å². The van der Waals surface area contributed by atoms with Gasteiger partial charge in [-0.05, 0) is 38.0 Å². The molecule has 1 unspecified atom stereocenters. The number of nitrogens with zero attached hydrogens (tertiary/aromatic N) is 1. The Morgan fingerprint density at radius 2 is 2.14 bits per heavy atom. The van der Waals surface area contributed by atoms with E-state index in [1.807, 2.05) is 0 Å². The van der Waals surface area contributed by atoms with Gasteiger partial charge in [-0.1, -0.05) is 49.4 Å². The van der Waals surface area contributed by atoms with E-state index in [9.17, 15) is 4.79 Å². The summed E-state index contributed by atoms with van der Waals surface area (Å²) in [5, 5.41) is 4.79. The highest BCUT2D eigenvalue weighted by molar-refractivity contribution is 6.35. The SMILES string of the molecule is CCCCCCC=NNC(=O)C(C)Oc1ccc(Cl)cc1Cl. The fourth-order valence-corrected chi connectivity index (χ4v) is 2.19. The minimum atomic E-state index is -0.698. The number of nitrogens with one attached hydrogen (secondary N) is 1. The molecule has 0 heterocycles. The van der Waals surface area contributed by atoms with E-state index in [0.29, 0.717) is 15.8 Å².